The summed E-state index contributed by atoms with van der Waals surface area (Å²) in [5.74, 6) is 1.52. The molecule has 2 aromatic rings. The van der Waals surface area contributed by atoms with Gasteiger partial charge in [-0.1, -0.05) is 25.0 Å². The van der Waals surface area contributed by atoms with Crippen molar-refractivity contribution in [2.24, 2.45) is 4.99 Å². The molecule has 0 unspecified atom stereocenters. The lowest BCUT2D eigenvalue weighted by Crippen LogP contribution is -2.43. The first kappa shape index (κ1) is 16.6. The molecule has 128 valence electrons. The largest absolute Gasteiger partial charge is 0.469 e. The molecule has 0 spiro atoms. The van der Waals surface area contributed by atoms with Gasteiger partial charge in [0.2, 0.25) is 0 Å². The second kappa shape index (κ2) is 8.52. The van der Waals surface area contributed by atoms with E-state index in [0.717, 1.165) is 30.2 Å². The van der Waals surface area contributed by atoms with Crippen LogP contribution in [0.1, 0.15) is 37.0 Å². The third kappa shape index (κ3) is 5.11. The lowest BCUT2D eigenvalue weighted by molar-refractivity contribution is 0.506. The summed E-state index contributed by atoms with van der Waals surface area (Å²) < 4.78 is 18.6. The second-order valence-corrected chi connectivity index (χ2v) is 6.18. The average molecular weight is 329 g/mol. The first-order valence-corrected chi connectivity index (χ1v) is 8.61. The predicted octanol–water partition coefficient (Wildman–Crippen LogP) is 3.64. The van der Waals surface area contributed by atoms with Gasteiger partial charge in [0, 0.05) is 19.0 Å². The summed E-state index contributed by atoms with van der Waals surface area (Å²) in [7, 11) is 0. The molecule has 3 rings (SSSR count). The number of rotatable bonds is 6. The minimum atomic E-state index is -0.223. The van der Waals surface area contributed by atoms with Gasteiger partial charge in [-0.3, -0.25) is 0 Å². The Morgan fingerprint density at radius 1 is 1.21 bits per heavy atom. The van der Waals surface area contributed by atoms with Gasteiger partial charge >= 0.3 is 0 Å². The third-order valence-corrected chi connectivity index (χ3v) is 4.25. The number of aliphatic imine (C=N–C) groups is 1. The van der Waals surface area contributed by atoms with E-state index in [9.17, 15) is 4.39 Å². The molecule has 1 heterocycles. The smallest absolute Gasteiger partial charge is 0.191 e. The normalized spacial score (nSPS) is 15.6. The molecule has 5 heteroatoms. The molecule has 1 fully saturated rings. The molecule has 1 aliphatic carbocycles. The fraction of sp³-hybridized carbons (Fsp3) is 0.421. The summed E-state index contributed by atoms with van der Waals surface area (Å²) >= 11 is 0. The Hall–Kier alpha value is -2.30. The molecule has 24 heavy (non-hydrogen) atoms. The van der Waals surface area contributed by atoms with E-state index in [2.05, 4.69) is 15.6 Å². The van der Waals surface area contributed by atoms with E-state index in [1.54, 1.807) is 12.3 Å². The zero-order chi connectivity index (χ0) is 16.6. The number of nitrogens with one attached hydrogen (secondary N) is 2. The van der Waals surface area contributed by atoms with Crippen molar-refractivity contribution in [1.82, 2.24) is 10.6 Å². The van der Waals surface area contributed by atoms with Crippen molar-refractivity contribution < 1.29 is 8.81 Å². The van der Waals surface area contributed by atoms with Gasteiger partial charge in [-0.2, -0.15) is 0 Å². The fourth-order valence-corrected chi connectivity index (χ4v) is 2.98. The Kier molecular flexibility index (Phi) is 5.88. The molecule has 0 amide bonds. The highest BCUT2D eigenvalue weighted by Crippen LogP contribution is 2.17. The zero-order valence-corrected chi connectivity index (χ0v) is 13.8. The summed E-state index contributed by atoms with van der Waals surface area (Å²) in [5.41, 5.74) is 0.869. The second-order valence-electron chi connectivity index (χ2n) is 6.18. The molecule has 1 aromatic carbocycles. The maximum atomic E-state index is 13.3. The molecule has 0 aliphatic heterocycles. The van der Waals surface area contributed by atoms with Crippen LogP contribution in [0.3, 0.4) is 0 Å². The van der Waals surface area contributed by atoms with E-state index >= 15 is 0 Å². The van der Waals surface area contributed by atoms with E-state index in [4.69, 9.17) is 4.42 Å². The van der Waals surface area contributed by atoms with Crippen molar-refractivity contribution >= 4 is 5.96 Å². The minimum absolute atomic E-state index is 0.223. The molecular weight excluding hydrogens is 305 g/mol. The molecule has 4 nitrogen and oxygen atoms in total. The Morgan fingerprint density at radius 3 is 2.83 bits per heavy atom. The molecule has 1 aromatic heterocycles. The van der Waals surface area contributed by atoms with Gasteiger partial charge in [0.05, 0.1) is 12.8 Å². The number of hydrogen-bond donors (Lipinski definition) is 2. The molecular formula is C19H24FN3O. The first-order chi connectivity index (χ1) is 11.8. The Morgan fingerprint density at radius 2 is 2.08 bits per heavy atom. The number of nitrogens with zero attached hydrogens (tertiary/aromatic N) is 1. The topological polar surface area (TPSA) is 49.6 Å². The highest BCUT2D eigenvalue weighted by molar-refractivity contribution is 5.80. The van der Waals surface area contributed by atoms with E-state index in [1.807, 2.05) is 18.2 Å². The number of furan rings is 1. The lowest BCUT2D eigenvalue weighted by atomic mass is 10.2. The average Bonchev–Trinajstić information content (AvgIpc) is 3.26. The fourth-order valence-electron chi connectivity index (χ4n) is 2.98. The number of halogens is 1. The maximum absolute atomic E-state index is 13.3. The lowest BCUT2D eigenvalue weighted by Gasteiger charge is -2.17. The van der Waals surface area contributed by atoms with Crippen LogP contribution in [-0.2, 0) is 13.0 Å². The van der Waals surface area contributed by atoms with E-state index in [-0.39, 0.29) is 5.82 Å². The van der Waals surface area contributed by atoms with Crippen LogP contribution in [0.5, 0.6) is 0 Å². The van der Waals surface area contributed by atoms with Gasteiger partial charge in [-0.25, -0.2) is 9.38 Å². The van der Waals surface area contributed by atoms with Crippen molar-refractivity contribution in [2.45, 2.75) is 44.7 Å². The highest BCUT2D eigenvalue weighted by atomic mass is 19.1. The molecule has 0 saturated heterocycles. The molecule has 1 aliphatic rings. The van der Waals surface area contributed by atoms with Crippen molar-refractivity contribution in [3.05, 3.63) is 59.8 Å². The first-order valence-electron chi connectivity index (χ1n) is 8.61. The van der Waals surface area contributed by atoms with Crippen LogP contribution < -0.4 is 10.6 Å². The zero-order valence-electron chi connectivity index (χ0n) is 13.8. The molecule has 1 saturated carbocycles. The summed E-state index contributed by atoms with van der Waals surface area (Å²) in [6, 6.07) is 10.9. The standard InChI is InChI=1S/C19H24FN3O/c20-16-6-3-5-15(13-16)14-22-19(23-17-7-1-2-8-17)21-11-10-18-9-4-12-24-18/h3-6,9,12-13,17H,1-2,7-8,10-11,14H2,(H2,21,22,23). The Labute approximate surface area is 142 Å². The van der Waals surface area contributed by atoms with Gasteiger partial charge in [0.15, 0.2) is 5.96 Å². The van der Waals surface area contributed by atoms with Crippen LogP contribution in [0, 0.1) is 5.82 Å². The number of benzene rings is 1. The minimum Gasteiger partial charge on any atom is -0.469 e. The van der Waals surface area contributed by atoms with Crippen molar-refractivity contribution in [3.63, 3.8) is 0 Å². The van der Waals surface area contributed by atoms with Crippen LogP contribution in [0.2, 0.25) is 0 Å². The molecule has 0 bridgehead atoms. The van der Waals surface area contributed by atoms with Crippen molar-refractivity contribution in [2.75, 3.05) is 6.54 Å². The summed E-state index contributed by atoms with van der Waals surface area (Å²) in [6.07, 6.45) is 7.38. The third-order valence-electron chi connectivity index (χ3n) is 4.25. The highest BCUT2D eigenvalue weighted by Gasteiger charge is 2.16. The molecule has 0 radical (unpaired) electrons. The molecule has 0 atom stereocenters. The van der Waals surface area contributed by atoms with Crippen LogP contribution >= 0.6 is 0 Å². The Balaban J connectivity index is 1.58. The van der Waals surface area contributed by atoms with Gasteiger partial charge in [0.1, 0.15) is 11.6 Å². The number of guanidine groups is 1. The predicted molar refractivity (Wildman–Crippen MR) is 93.3 cm³/mol. The van der Waals surface area contributed by atoms with Crippen molar-refractivity contribution in [1.29, 1.82) is 0 Å². The summed E-state index contributed by atoms with van der Waals surface area (Å²) in [4.78, 5) is 4.61. The van der Waals surface area contributed by atoms with E-state index in [1.165, 1.54) is 37.8 Å². The monoisotopic (exact) mass is 329 g/mol. The number of hydrogen-bond acceptors (Lipinski definition) is 2. The summed E-state index contributed by atoms with van der Waals surface area (Å²) in [6.45, 7) is 1.20. The van der Waals surface area contributed by atoms with Crippen LogP contribution in [-0.4, -0.2) is 18.5 Å². The van der Waals surface area contributed by atoms with Crippen LogP contribution in [0.4, 0.5) is 4.39 Å². The van der Waals surface area contributed by atoms with Crippen LogP contribution in [0.25, 0.3) is 0 Å². The summed E-state index contributed by atoms with van der Waals surface area (Å²) in [5, 5.41) is 6.85. The quantitative estimate of drug-likeness (QED) is 0.628. The maximum Gasteiger partial charge on any atom is 0.191 e. The molecule has 2 N–H and O–H groups in total. The van der Waals surface area contributed by atoms with E-state index < -0.39 is 0 Å². The Bertz CT molecular complexity index is 648. The van der Waals surface area contributed by atoms with Gasteiger partial charge in [0.25, 0.3) is 0 Å². The SMILES string of the molecule is Fc1cccc(CN=C(NCCc2ccco2)NC2CCCC2)c1. The van der Waals surface area contributed by atoms with Gasteiger partial charge in [-0.15, -0.1) is 0 Å². The van der Waals surface area contributed by atoms with Crippen molar-refractivity contribution in [3.8, 4) is 0 Å². The van der Waals surface area contributed by atoms with Gasteiger partial charge < -0.3 is 15.1 Å². The van der Waals surface area contributed by atoms with E-state index in [0.29, 0.717) is 12.6 Å². The van der Waals surface area contributed by atoms with Gasteiger partial charge in [-0.05, 0) is 42.7 Å². The van der Waals surface area contributed by atoms with Crippen LogP contribution in [0.15, 0.2) is 52.1 Å².